The maximum atomic E-state index is 14.4. The van der Waals surface area contributed by atoms with Crippen LogP contribution < -0.4 is 5.73 Å². The second-order valence-corrected chi connectivity index (χ2v) is 10.7. The fourth-order valence-corrected chi connectivity index (χ4v) is 8.48. The molecule has 2 nitrogen and oxygen atoms in total. The zero-order valence-electron chi connectivity index (χ0n) is 14.3. The van der Waals surface area contributed by atoms with Crippen molar-refractivity contribution in [2.24, 2.45) is 40.2 Å². The number of hydrogen-bond acceptors (Lipinski definition) is 2. The van der Waals surface area contributed by atoms with Crippen LogP contribution in [0, 0.1) is 34.5 Å². The molecule has 5 unspecified atom stereocenters. The summed E-state index contributed by atoms with van der Waals surface area (Å²) in [6, 6.07) is -0.277. The molecule has 4 saturated carbocycles. The average Bonchev–Trinajstić information content (AvgIpc) is 2.73. The fraction of sp³-hybridized carbons (Fsp3) is 1.00. The molecule has 0 aromatic rings. The van der Waals surface area contributed by atoms with Crippen molar-refractivity contribution in [1.82, 2.24) is 0 Å². The van der Waals surface area contributed by atoms with E-state index in [1.807, 2.05) is 0 Å². The SMILES string of the molecule is C[C@]12CCC(O)CC1C(Br)C[C@@H]1[C@H]2CC[C@]2(C)C(N)C(F)C[C@@H]12. The summed E-state index contributed by atoms with van der Waals surface area (Å²) < 4.78 is 14.4. The van der Waals surface area contributed by atoms with Gasteiger partial charge in [-0.1, -0.05) is 29.8 Å². The minimum Gasteiger partial charge on any atom is -0.393 e. The van der Waals surface area contributed by atoms with Gasteiger partial charge in [0.15, 0.2) is 0 Å². The minimum atomic E-state index is -0.823. The van der Waals surface area contributed by atoms with Crippen molar-refractivity contribution in [1.29, 1.82) is 0 Å². The van der Waals surface area contributed by atoms with E-state index in [0.717, 1.165) is 32.1 Å². The third-order valence-electron chi connectivity index (χ3n) is 8.68. The molecular weight excluding hydrogens is 357 g/mol. The smallest absolute Gasteiger partial charge is 0.116 e. The van der Waals surface area contributed by atoms with Gasteiger partial charge in [-0.25, -0.2) is 4.39 Å². The summed E-state index contributed by atoms with van der Waals surface area (Å²) in [5.74, 6) is 2.29. The number of rotatable bonds is 0. The summed E-state index contributed by atoms with van der Waals surface area (Å²) in [4.78, 5) is 0.459. The topological polar surface area (TPSA) is 46.2 Å². The molecule has 0 aliphatic heterocycles. The van der Waals surface area contributed by atoms with Gasteiger partial charge in [0, 0.05) is 10.9 Å². The number of nitrogens with two attached hydrogens (primary N) is 1. The van der Waals surface area contributed by atoms with Gasteiger partial charge in [-0.15, -0.1) is 0 Å². The zero-order valence-corrected chi connectivity index (χ0v) is 15.9. The van der Waals surface area contributed by atoms with Gasteiger partial charge < -0.3 is 10.8 Å². The molecule has 132 valence electrons. The summed E-state index contributed by atoms with van der Waals surface area (Å²) >= 11 is 3.96. The Morgan fingerprint density at radius 2 is 1.70 bits per heavy atom. The van der Waals surface area contributed by atoms with Gasteiger partial charge in [-0.3, -0.25) is 0 Å². The Morgan fingerprint density at radius 3 is 2.43 bits per heavy atom. The molecule has 4 aliphatic carbocycles. The Morgan fingerprint density at radius 1 is 1.00 bits per heavy atom. The highest BCUT2D eigenvalue weighted by Gasteiger charge is 2.63. The molecule has 0 amide bonds. The Kier molecular flexibility index (Phi) is 3.95. The van der Waals surface area contributed by atoms with Crippen LogP contribution in [0.1, 0.15) is 58.8 Å². The van der Waals surface area contributed by atoms with E-state index >= 15 is 0 Å². The summed E-state index contributed by atoms with van der Waals surface area (Å²) in [6.45, 7) is 4.71. The van der Waals surface area contributed by atoms with E-state index in [4.69, 9.17) is 5.73 Å². The van der Waals surface area contributed by atoms with E-state index < -0.39 is 6.17 Å². The molecule has 4 heteroatoms. The van der Waals surface area contributed by atoms with Gasteiger partial charge in [0.1, 0.15) is 6.17 Å². The molecule has 0 spiro atoms. The lowest BCUT2D eigenvalue weighted by atomic mass is 9.45. The molecule has 4 fully saturated rings. The molecular formula is C19H31BrFNO. The quantitative estimate of drug-likeness (QED) is 0.616. The number of fused-ring (bicyclic) bond motifs is 5. The van der Waals surface area contributed by atoms with Crippen molar-refractivity contribution in [3.8, 4) is 0 Å². The third kappa shape index (κ3) is 2.23. The van der Waals surface area contributed by atoms with Gasteiger partial charge in [0.05, 0.1) is 6.10 Å². The third-order valence-corrected chi connectivity index (χ3v) is 9.69. The van der Waals surface area contributed by atoms with Gasteiger partial charge in [-0.05, 0) is 79.4 Å². The molecule has 3 N–H and O–H groups in total. The first kappa shape index (κ1) is 16.8. The summed E-state index contributed by atoms with van der Waals surface area (Å²) in [6.07, 6.45) is 6.12. The van der Waals surface area contributed by atoms with Crippen LogP contribution in [0.2, 0.25) is 0 Å². The van der Waals surface area contributed by atoms with Crippen molar-refractivity contribution in [3.05, 3.63) is 0 Å². The number of hydrogen-bond donors (Lipinski definition) is 2. The van der Waals surface area contributed by atoms with E-state index in [1.165, 1.54) is 6.42 Å². The van der Waals surface area contributed by atoms with Crippen molar-refractivity contribution in [3.63, 3.8) is 0 Å². The minimum absolute atomic E-state index is 0.00925. The van der Waals surface area contributed by atoms with Crippen LogP contribution in [-0.2, 0) is 0 Å². The number of alkyl halides is 2. The second-order valence-electron chi connectivity index (χ2n) is 9.49. The van der Waals surface area contributed by atoms with E-state index in [2.05, 4.69) is 29.8 Å². The van der Waals surface area contributed by atoms with Crippen LogP contribution >= 0.6 is 15.9 Å². The first-order valence-corrected chi connectivity index (χ1v) is 10.4. The van der Waals surface area contributed by atoms with E-state index in [1.54, 1.807) is 0 Å². The second kappa shape index (κ2) is 5.41. The molecule has 4 rings (SSSR count). The number of halogens is 2. The van der Waals surface area contributed by atoms with Gasteiger partial charge >= 0.3 is 0 Å². The average molecular weight is 388 g/mol. The van der Waals surface area contributed by atoms with E-state index in [0.29, 0.717) is 40.3 Å². The van der Waals surface area contributed by atoms with Crippen LogP contribution in [0.25, 0.3) is 0 Å². The van der Waals surface area contributed by atoms with Gasteiger partial charge in [0.2, 0.25) is 0 Å². The van der Waals surface area contributed by atoms with Crippen LogP contribution in [0.3, 0.4) is 0 Å². The molecule has 0 saturated heterocycles. The molecule has 0 radical (unpaired) electrons. The van der Waals surface area contributed by atoms with E-state index in [9.17, 15) is 9.50 Å². The summed E-state index contributed by atoms with van der Waals surface area (Å²) in [5, 5.41) is 10.2. The maximum Gasteiger partial charge on any atom is 0.116 e. The van der Waals surface area contributed by atoms with Crippen molar-refractivity contribution in [2.45, 2.75) is 81.9 Å². The number of aliphatic hydroxyl groups is 1. The molecule has 0 bridgehead atoms. The predicted molar refractivity (Wildman–Crippen MR) is 94.1 cm³/mol. The van der Waals surface area contributed by atoms with Crippen LogP contribution in [0.5, 0.6) is 0 Å². The first-order chi connectivity index (χ1) is 10.8. The Bertz CT molecular complexity index is 490. The lowest BCUT2D eigenvalue weighted by Crippen LogP contribution is -2.58. The highest BCUT2D eigenvalue weighted by molar-refractivity contribution is 9.09. The van der Waals surface area contributed by atoms with Crippen LogP contribution in [0.15, 0.2) is 0 Å². The lowest BCUT2D eigenvalue weighted by molar-refractivity contribution is -0.118. The maximum absolute atomic E-state index is 14.4. The molecule has 23 heavy (non-hydrogen) atoms. The highest BCUT2D eigenvalue weighted by atomic mass is 79.9. The zero-order chi connectivity index (χ0) is 16.6. The molecule has 0 aromatic carbocycles. The normalized spacial score (nSPS) is 62.3. The van der Waals surface area contributed by atoms with Crippen LogP contribution in [-0.4, -0.2) is 28.3 Å². The predicted octanol–water partition coefficient (Wildman–Crippen LogP) is 4.04. The molecule has 0 aromatic heterocycles. The van der Waals surface area contributed by atoms with E-state index in [-0.39, 0.29) is 17.6 Å². The largest absolute Gasteiger partial charge is 0.393 e. The fourth-order valence-electron chi connectivity index (χ4n) is 7.23. The standard InChI is InChI=1S/C19H31BrFNO/c1-18-5-3-10(23)7-14(18)15(20)8-11-12(18)4-6-19(2)13(11)9-16(21)17(19)22/h10-17,23H,3-9,22H2,1-2H3/t10?,11-,12-,13+,14?,15?,16?,17?,18-,19+/m1/s1. The lowest BCUT2D eigenvalue weighted by Gasteiger charge is -2.62. The Hall–Kier alpha value is 0.330. The first-order valence-electron chi connectivity index (χ1n) is 9.49. The molecule has 0 heterocycles. The summed E-state index contributed by atoms with van der Waals surface area (Å²) in [5.41, 5.74) is 6.58. The number of aliphatic hydroxyl groups excluding tert-OH is 1. The molecule has 4 aliphatic rings. The van der Waals surface area contributed by atoms with Gasteiger partial charge in [0.25, 0.3) is 0 Å². The Labute approximate surface area is 147 Å². The van der Waals surface area contributed by atoms with Crippen molar-refractivity contribution >= 4 is 15.9 Å². The van der Waals surface area contributed by atoms with Crippen molar-refractivity contribution < 1.29 is 9.50 Å². The monoisotopic (exact) mass is 387 g/mol. The molecule has 10 atom stereocenters. The van der Waals surface area contributed by atoms with Crippen LogP contribution in [0.4, 0.5) is 4.39 Å². The summed E-state index contributed by atoms with van der Waals surface area (Å²) in [7, 11) is 0. The highest BCUT2D eigenvalue weighted by Crippen LogP contribution is 2.67. The van der Waals surface area contributed by atoms with Gasteiger partial charge in [-0.2, -0.15) is 0 Å². The Balaban J connectivity index is 1.67. The van der Waals surface area contributed by atoms with Crippen molar-refractivity contribution in [2.75, 3.05) is 0 Å².